The fraction of sp³-hybridized carbons (Fsp3) is 0.867. The Kier molecular flexibility index (Phi) is 6.63. The molecule has 21 heavy (non-hydrogen) atoms. The highest BCUT2D eigenvalue weighted by atomic mass is 28.4. The predicted molar refractivity (Wildman–Crippen MR) is 87.2 cm³/mol. The van der Waals surface area contributed by atoms with Crippen LogP contribution in [0.4, 0.5) is 4.79 Å². The van der Waals surface area contributed by atoms with Crippen LogP contribution in [-0.2, 0) is 9.22 Å². The Labute approximate surface area is 129 Å². The van der Waals surface area contributed by atoms with Gasteiger partial charge in [0.2, 0.25) is 0 Å². The van der Waals surface area contributed by atoms with Crippen molar-refractivity contribution < 1.29 is 19.1 Å². The third kappa shape index (κ3) is 6.18. The van der Waals surface area contributed by atoms with Crippen LogP contribution < -0.4 is 0 Å². The molecule has 1 atom stereocenters. The molecule has 0 aliphatic carbocycles. The molecule has 0 saturated heterocycles. The molecule has 0 radical (unpaired) electrons. The van der Waals surface area contributed by atoms with Gasteiger partial charge in [0, 0.05) is 18.7 Å². The molecule has 0 aromatic heterocycles. The zero-order valence-electron chi connectivity index (χ0n) is 14.7. The normalized spacial score (nSPS) is 14.7. The molecule has 0 spiro atoms. The average molecular weight is 318 g/mol. The van der Waals surface area contributed by atoms with Crippen molar-refractivity contribution in [2.24, 2.45) is 5.92 Å². The van der Waals surface area contributed by atoms with Gasteiger partial charge in [0.05, 0.1) is 5.92 Å². The summed E-state index contributed by atoms with van der Waals surface area (Å²) in [6.45, 7) is 16.5. The first-order valence-electron chi connectivity index (χ1n) is 7.32. The van der Waals surface area contributed by atoms with Gasteiger partial charge in [-0.05, 0) is 38.9 Å². The first kappa shape index (κ1) is 20.1. The van der Waals surface area contributed by atoms with E-state index in [4.69, 9.17) is 4.43 Å². The minimum absolute atomic E-state index is 0.0664. The van der Waals surface area contributed by atoms with Crippen LogP contribution in [0.2, 0.25) is 18.1 Å². The highest BCUT2D eigenvalue weighted by Crippen LogP contribution is 2.36. The molecule has 1 unspecified atom stereocenters. The van der Waals surface area contributed by atoms with E-state index in [1.54, 1.807) is 0 Å². The number of carbonyl (C=O) groups is 2. The van der Waals surface area contributed by atoms with Gasteiger partial charge in [-0.25, -0.2) is 4.79 Å². The second-order valence-corrected chi connectivity index (χ2v) is 12.8. The standard InChI is InChI=1S/C15H31NO4Si/c1-14(2,3)16(13(18)19)9-12(10-17)11-20-21(7,8)15(4,5)6/h10,12H,9,11H2,1-8H3,(H,18,19). The first-order valence-corrected chi connectivity index (χ1v) is 10.2. The SMILES string of the molecule is CC(C)(C)N(CC(C=O)CO[Si](C)(C)C(C)(C)C)C(=O)O. The molecular weight excluding hydrogens is 286 g/mol. The van der Waals surface area contributed by atoms with E-state index in [1.165, 1.54) is 4.90 Å². The molecule has 0 fully saturated rings. The molecular formula is C15H31NO4Si. The fourth-order valence-electron chi connectivity index (χ4n) is 1.54. The summed E-state index contributed by atoms with van der Waals surface area (Å²) in [5.74, 6) is -0.436. The topological polar surface area (TPSA) is 66.8 Å². The second kappa shape index (κ2) is 6.92. The van der Waals surface area contributed by atoms with E-state index >= 15 is 0 Å². The molecule has 0 rings (SSSR count). The van der Waals surface area contributed by atoms with Crippen molar-refractivity contribution in [3.63, 3.8) is 0 Å². The second-order valence-electron chi connectivity index (χ2n) is 8.03. The lowest BCUT2D eigenvalue weighted by molar-refractivity contribution is -0.112. The summed E-state index contributed by atoms with van der Waals surface area (Å²) in [5.41, 5.74) is -0.538. The van der Waals surface area contributed by atoms with Gasteiger partial charge < -0.3 is 19.2 Å². The van der Waals surface area contributed by atoms with Gasteiger partial charge in [0.25, 0.3) is 0 Å². The summed E-state index contributed by atoms with van der Waals surface area (Å²) < 4.78 is 6.03. The zero-order valence-corrected chi connectivity index (χ0v) is 15.7. The van der Waals surface area contributed by atoms with Gasteiger partial charge in [-0.2, -0.15) is 0 Å². The van der Waals surface area contributed by atoms with Crippen molar-refractivity contribution in [1.29, 1.82) is 0 Å². The summed E-state index contributed by atoms with van der Waals surface area (Å²) >= 11 is 0. The van der Waals surface area contributed by atoms with Crippen molar-refractivity contribution in [3.05, 3.63) is 0 Å². The Morgan fingerprint density at radius 1 is 1.24 bits per heavy atom. The predicted octanol–water partition coefficient (Wildman–Crippen LogP) is 3.60. The third-order valence-electron chi connectivity index (χ3n) is 4.11. The minimum atomic E-state index is -1.93. The number of rotatable bonds is 6. The molecule has 0 bridgehead atoms. The van der Waals surface area contributed by atoms with Gasteiger partial charge in [-0.15, -0.1) is 0 Å². The smallest absolute Gasteiger partial charge is 0.407 e. The first-order chi connectivity index (χ1) is 9.22. The van der Waals surface area contributed by atoms with Crippen LogP contribution in [0.25, 0.3) is 0 Å². The highest BCUT2D eigenvalue weighted by molar-refractivity contribution is 6.74. The number of nitrogens with zero attached hydrogens (tertiary/aromatic N) is 1. The van der Waals surface area contributed by atoms with Crippen LogP contribution >= 0.6 is 0 Å². The van der Waals surface area contributed by atoms with E-state index in [0.29, 0.717) is 0 Å². The lowest BCUT2D eigenvalue weighted by Crippen LogP contribution is -2.49. The van der Waals surface area contributed by atoms with Crippen LogP contribution in [0.3, 0.4) is 0 Å². The number of amides is 1. The van der Waals surface area contributed by atoms with Crippen molar-refractivity contribution >= 4 is 20.7 Å². The molecule has 0 aliphatic rings. The number of hydrogen-bond acceptors (Lipinski definition) is 3. The maximum Gasteiger partial charge on any atom is 0.407 e. The van der Waals surface area contributed by atoms with Gasteiger partial charge >= 0.3 is 6.09 Å². The monoisotopic (exact) mass is 317 g/mol. The summed E-state index contributed by atoms with van der Waals surface area (Å²) in [4.78, 5) is 23.9. The van der Waals surface area contributed by atoms with Gasteiger partial charge in [-0.1, -0.05) is 20.8 Å². The zero-order chi connectivity index (χ0) is 17.1. The molecule has 0 aliphatic heterocycles. The van der Waals surface area contributed by atoms with Crippen LogP contribution in [0.1, 0.15) is 41.5 Å². The summed E-state index contributed by atoms with van der Waals surface area (Å²) in [5, 5.41) is 9.35. The van der Waals surface area contributed by atoms with E-state index in [2.05, 4.69) is 33.9 Å². The van der Waals surface area contributed by atoms with E-state index in [9.17, 15) is 14.7 Å². The van der Waals surface area contributed by atoms with Gasteiger partial charge in [-0.3, -0.25) is 0 Å². The van der Waals surface area contributed by atoms with Crippen LogP contribution in [-0.4, -0.2) is 49.4 Å². The Morgan fingerprint density at radius 2 is 1.71 bits per heavy atom. The maximum atomic E-state index is 11.3. The molecule has 0 aromatic rings. The van der Waals surface area contributed by atoms with E-state index < -0.39 is 25.9 Å². The van der Waals surface area contributed by atoms with E-state index in [0.717, 1.165) is 6.29 Å². The number of aldehydes is 1. The Bertz CT molecular complexity index is 369. The van der Waals surface area contributed by atoms with Crippen molar-refractivity contribution in [2.75, 3.05) is 13.2 Å². The Hall–Kier alpha value is -0.883. The summed E-state index contributed by atoms with van der Waals surface area (Å²) in [6, 6.07) is 0. The quantitative estimate of drug-likeness (QED) is 0.600. The number of carbonyl (C=O) groups excluding carboxylic acids is 1. The largest absolute Gasteiger partial charge is 0.465 e. The van der Waals surface area contributed by atoms with E-state index in [-0.39, 0.29) is 18.2 Å². The molecule has 5 nitrogen and oxygen atoms in total. The van der Waals surface area contributed by atoms with Crippen LogP contribution in [0.5, 0.6) is 0 Å². The van der Waals surface area contributed by atoms with Crippen molar-refractivity contribution in [2.45, 2.75) is 65.2 Å². The van der Waals surface area contributed by atoms with Crippen molar-refractivity contribution in [3.8, 4) is 0 Å². The third-order valence-corrected chi connectivity index (χ3v) is 8.62. The highest BCUT2D eigenvalue weighted by Gasteiger charge is 2.38. The molecule has 6 heteroatoms. The summed E-state index contributed by atoms with van der Waals surface area (Å²) in [6.07, 6.45) is -0.212. The van der Waals surface area contributed by atoms with E-state index in [1.807, 2.05) is 20.8 Å². The lowest BCUT2D eigenvalue weighted by atomic mass is 10.0. The average Bonchev–Trinajstić information content (AvgIpc) is 2.25. The molecule has 0 aromatic carbocycles. The Balaban J connectivity index is 4.82. The van der Waals surface area contributed by atoms with Gasteiger partial charge in [0.1, 0.15) is 6.29 Å². The summed E-state index contributed by atoms with van der Waals surface area (Å²) in [7, 11) is -1.93. The molecule has 1 N–H and O–H groups in total. The Morgan fingerprint density at radius 3 is 2.00 bits per heavy atom. The van der Waals surface area contributed by atoms with Crippen molar-refractivity contribution in [1.82, 2.24) is 4.90 Å². The molecule has 124 valence electrons. The number of carboxylic acid groups (broad SMARTS) is 1. The molecule has 1 amide bonds. The van der Waals surface area contributed by atoms with Crippen LogP contribution in [0, 0.1) is 5.92 Å². The maximum absolute atomic E-state index is 11.3. The molecule has 0 saturated carbocycles. The number of hydrogen-bond donors (Lipinski definition) is 1. The molecule has 0 heterocycles. The fourth-order valence-corrected chi connectivity index (χ4v) is 2.60. The minimum Gasteiger partial charge on any atom is -0.465 e. The van der Waals surface area contributed by atoms with Gasteiger partial charge in [0.15, 0.2) is 8.32 Å². The lowest BCUT2D eigenvalue weighted by Gasteiger charge is -2.38. The van der Waals surface area contributed by atoms with Crippen LogP contribution in [0.15, 0.2) is 0 Å².